The lowest BCUT2D eigenvalue weighted by atomic mass is 9.85. The summed E-state index contributed by atoms with van der Waals surface area (Å²) in [5, 5.41) is 4.26. The molecule has 2 N–H and O–H groups in total. The van der Waals surface area contributed by atoms with Crippen molar-refractivity contribution in [3.63, 3.8) is 0 Å². The van der Waals surface area contributed by atoms with Crippen LogP contribution in [0.1, 0.15) is 56.7 Å². The molecular formula is C13H22BrN3. The van der Waals surface area contributed by atoms with Crippen LogP contribution >= 0.6 is 15.9 Å². The predicted molar refractivity (Wildman–Crippen MR) is 73.6 cm³/mol. The minimum atomic E-state index is 0.120. The van der Waals surface area contributed by atoms with Crippen molar-refractivity contribution in [2.45, 2.75) is 51.0 Å². The second-order valence-corrected chi connectivity index (χ2v) is 5.99. The Labute approximate surface area is 112 Å². The van der Waals surface area contributed by atoms with E-state index in [2.05, 4.69) is 21.0 Å². The molecule has 1 atom stereocenters. The van der Waals surface area contributed by atoms with Gasteiger partial charge in [-0.15, -0.1) is 0 Å². The number of hydrogen-bond acceptors (Lipinski definition) is 2. The molecule has 0 aromatic carbocycles. The summed E-state index contributed by atoms with van der Waals surface area (Å²) in [6.45, 7) is 0. The topological polar surface area (TPSA) is 43.8 Å². The molecular weight excluding hydrogens is 278 g/mol. The monoisotopic (exact) mass is 299 g/mol. The first-order chi connectivity index (χ1) is 8.20. The Morgan fingerprint density at radius 2 is 1.88 bits per heavy atom. The van der Waals surface area contributed by atoms with Gasteiger partial charge in [-0.05, 0) is 34.7 Å². The summed E-state index contributed by atoms with van der Waals surface area (Å²) in [6.07, 6.45) is 11.2. The quantitative estimate of drug-likeness (QED) is 0.908. The van der Waals surface area contributed by atoms with E-state index in [0.717, 1.165) is 10.2 Å². The van der Waals surface area contributed by atoms with Gasteiger partial charge in [0.25, 0.3) is 0 Å². The van der Waals surface area contributed by atoms with E-state index < -0.39 is 0 Å². The Bertz CT molecular complexity index is 334. The number of nitrogens with two attached hydrogens (primary N) is 1. The van der Waals surface area contributed by atoms with E-state index in [9.17, 15) is 0 Å². The highest BCUT2D eigenvalue weighted by atomic mass is 79.9. The van der Waals surface area contributed by atoms with Gasteiger partial charge >= 0.3 is 0 Å². The first-order valence-electron chi connectivity index (χ1n) is 6.63. The predicted octanol–water partition coefficient (Wildman–Crippen LogP) is 3.54. The molecule has 1 aromatic heterocycles. The number of aromatic nitrogens is 2. The lowest BCUT2D eigenvalue weighted by molar-refractivity contribution is 0.318. The third kappa shape index (κ3) is 3.10. The van der Waals surface area contributed by atoms with E-state index in [1.807, 2.05) is 17.9 Å². The Morgan fingerprint density at radius 1 is 1.29 bits per heavy atom. The van der Waals surface area contributed by atoms with E-state index >= 15 is 0 Å². The zero-order chi connectivity index (χ0) is 12.3. The summed E-state index contributed by atoms with van der Waals surface area (Å²) in [6, 6.07) is 0.120. The van der Waals surface area contributed by atoms with Crippen molar-refractivity contribution >= 4 is 15.9 Å². The highest BCUT2D eigenvalue weighted by Gasteiger charge is 2.24. The van der Waals surface area contributed by atoms with Gasteiger partial charge in [0.1, 0.15) is 0 Å². The zero-order valence-electron chi connectivity index (χ0n) is 10.5. The van der Waals surface area contributed by atoms with Crippen molar-refractivity contribution in [3.8, 4) is 0 Å². The van der Waals surface area contributed by atoms with Crippen molar-refractivity contribution in [1.82, 2.24) is 9.78 Å². The molecule has 1 unspecified atom stereocenters. The van der Waals surface area contributed by atoms with Crippen LogP contribution in [0.5, 0.6) is 0 Å². The molecule has 0 saturated heterocycles. The largest absolute Gasteiger partial charge is 0.322 e. The standard InChI is InChI=1S/C13H22BrN3/c1-17-13(11(14)9-16-17)12(15)10-7-5-3-2-4-6-8-10/h9-10,12H,2-8,15H2,1H3. The summed E-state index contributed by atoms with van der Waals surface area (Å²) >= 11 is 3.56. The second kappa shape index (κ2) is 6.01. The molecule has 0 spiro atoms. The SMILES string of the molecule is Cn1ncc(Br)c1C(N)C1CCCCCCC1. The van der Waals surface area contributed by atoms with E-state index in [4.69, 9.17) is 5.73 Å². The molecule has 4 heteroatoms. The first kappa shape index (κ1) is 13.1. The van der Waals surface area contributed by atoms with Crippen LogP contribution in [0.4, 0.5) is 0 Å². The molecule has 1 aliphatic carbocycles. The number of hydrogen-bond donors (Lipinski definition) is 1. The van der Waals surface area contributed by atoms with Gasteiger partial charge in [0.05, 0.1) is 22.4 Å². The number of aryl methyl sites for hydroxylation is 1. The molecule has 1 saturated carbocycles. The normalized spacial score (nSPS) is 20.9. The second-order valence-electron chi connectivity index (χ2n) is 5.13. The zero-order valence-corrected chi connectivity index (χ0v) is 12.1. The van der Waals surface area contributed by atoms with Crippen LogP contribution in [0.15, 0.2) is 10.7 Å². The minimum absolute atomic E-state index is 0.120. The Balaban J connectivity index is 2.09. The molecule has 0 amide bonds. The molecule has 3 nitrogen and oxygen atoms in total. The van der Waals surface area contributed by atoms with Crippen molar-refractivity contribution in [1.29, 1.82) is 0 Å². The van der Waals surface area contributed by atoms with Gasteiger partial charge in [-0.2, -0.15) is 5.10 Å². The molecule has 1 heterocycles. The fraction of sp³-hybridized carbons (Fsp3) is 0.769. The van der Waals surface area contributed by atoms with Gasteiger partial charge in [0.2, 0.25) is 0 Å². The molecule has 1 aliphatic rings. The van der Waals surface area contributed by atoms with Gasteiger partial charge in [0, 0.05) is 7.05 Å². The first-order valence-corrected chi connectivity index (χ1v) is 7.42. The number of halogens is 1. The molecule has 17 heavy (non-hydrogen) atoms. The fourth-order valence-electron chi connectivity index (χ4n) is 2.87. The van der Waals surface area contributed by atoms with Gasteiger partial charge in [-0.1, -0.05) is 32.1 Å². The molecule has 0 radical (unpaired) electrons. The molecule has 96 valence electrons. The van der Waals surface area contributed by atoms with Crippen LogP contribution in [-0.4, -0.2) is 9.78 Å². The maximum Gasteiger partial charge on any atom is 0.0692 e. The maximum atomic E-state index is 6.45. The summed E-state index contributed by atoms with van der Waals surface area (Å²) in [7, 11) is 1.98. The highest BCUT2D eigenvalue weighted by Crippen LogP contribution is 2.33. The van der Waals surface area contributed by atoms with Crippen LogP contribution in [-0.2, 0) is 7.05 Å². The molecule has 0 bridgehead atoms. The lowest BCUT2D eigenvalue weighted by Gasteiger charge is -2.26. The summed E-state index contributed by atoms with van der Waals surface area (Å²) < 4.78 is 2.96. The average Bonchev–Trinajstić information content (AvgIpc) is 2.57. The van der Waals surface area contributed by atoms with Crippen LogP contribution in [0.25, 0.3) is 0 Å². The summed E-state index contributed by atoms with van der Waals surface area (Å²) in [5.41, 5.74) is 7.59. The third-order valence-electron chi connectivity index (χ3n) is 3.91. The van der Waals surface area contributed by atoms with Gasteiger partial charge in [-0.3, -0.25) is 4.68 Å². The molecule has 2 rings (SSSR count). The van der Waals surface area contributed by atoms with Crippen molar-refractivity contribution in [3.05, 3.63) is 16.4 Å². The smallest absolute Gasteiger partial charge is 0.0692 e. The summed E-state index contributed by atoms with van der Waals surface area (Å²) in [5.74, 6) is 0.613. The number of nitrogens with zero attached hydrogens (tertiary/aromatic N) is 2. The van der Waals surface area contributed by atoms with E-state index in [0.29, 0.717) is 5.92 Å². The Morgan fingerprint density at radius 3 is 2.41 bits per heavy atom. The Kier molecular flexibility index (Phi) is 4.62. The highest BCUT2D eigenvalue weighted by molar-refractivity contribution is 9.10. The maximum absolute atomic E-state index is 6.45. The Hall–Kier alpha value is -0.350. The molecule has 1 fully saturated rings. The molecule has 1 aromatic rings. The van der Waals surface area contributed by atoms with Crippen LogP contribution in [0, 0.1) is 5.92 Å². The van der Waals surface area contributed by atoms with Crippen LogP contribution in [0.3, 0.4) is 0 Å². The van der Waals surface area contributed by atoms with E-state index in [-0.39, 0.29) is 6.04 Å². The van der Waals surface area contributed by atoms with Crippen molar-refractivity contribution < 1.29 is 0 Å². The third-order valence-corrected chi connectivity index (χ3v) is 4.52. The van der Waals surface area contributed by atoms with Crippen LogP contribution < -0.4 is 5.73 Å². The van der Waals surface area contributed by atoms with Gasteiger partial charge in [-0.25, -0.2) is 0 Å². The summed E-state index contributed by atoms with van der Waals surface area (Å²) in [4.78, 5) is 0. The van der Waals surface area contributed by atoms with Gasteiger partial charge in [0.15, 0.2) is 0 Å². The van der Waals surface area contributed by atoms with E-state index in [1.165, 1.54) is 44.9 Å². The van der Waals surface area contributed by atoms with Crippen molar-refractivity contribution in [2.24, 2.45) is 18.7 Å². The lowest BCUT2D eigenvalue weighted by Crippen LogP contribution is -2.25. The minimum Gasteiger partial charge on any atom is -0.322 e. The number of rotatable bonds is 2. The van der Waals surface area contributed by atoms with Crippen molar-refractivity contribution in [2.75, 3.05) is 0 Å². The van der Waals surface area contributed by atoms with E-state index in [1.54, 1.807) is 0 Å². The van der Waals surface area contributed by atoms with Crippen LogP contribution in [0.2, 0.25) is 0 Å². The fourth-order valence-corrected chi connectivity index (χ4v) is 3.48. The van der Waals surface area contributed by atoms with Gasteiger partial charge < -0.3 is 5.73 Å². The molecule has 0 aliphatic heterocycles. The average molecular weight is 300 g/mol.